The van der Waals surface area contributed by atoms with Crippen LogP contribution in [0.1, 0.15) is 15.2 Å². The van der Waals surface area contributed by atoms with Gasteiger partial charge in [0, 0.05) is 17.6 Å². The molecule has 0 spiro atoms. The number of benzene rings is 1. The standard InChI is InChI=1S/C13H11NO2S/c15-13(16)12-7-10(8-17-12)14-6-5-9-3-1-2-4-11(9)14/h1-4,7-8H,5-6H2,(H,15,16). The topological polar surface area (TPSA) is 40.5 Å². The molecular formula is C13H11NO2S. The number of para-hydroxylation sites is 1. The molecule has 3 nitrogen and oxygen atoms in total. The van der Waals surface area contributed by atoms with E-state index in [4.69, 9.17) is 5.11 Å². The minimum Gasteiger partial charge on any atom is -0.477 e. The molecule has 86 valence electrons. The van der Waals surface area contributed by atoms with Gasteiger partial charge < -0.3 is 10.0 Å². The van der Waals surface area contributed by atoms with Crippen molar-refractivity contribution in [1.82, 2.24) is 0 Å². The quantitative estimate of drug-likeness (QED) is 0.883. The van der Waals surface area contributed by atoms with Crippen molar-refractivity contribution >= 4 is 28.7 Å². The zero-order valence-corrected chi connectivity index (χ0v) is 9.91. The van der Waals surface area contributed by atoms with Gasteiger partial charge in [0.05, 0.1) is 5.69 Å². The van der Waals surface area contributed by atoms with Crippen molar-refractivity contribution in [3.05, 3.63) is 46.2 Å². The highest BCUT2D eigenvalue weighted by atomic mass is 32.1. The maximum absolute atomic E-state index is 10.9. The molecule has 0 fully saturated rings. The summed E-state index contributed by atoms with van der Waals surface area (Å²) in [5.74, 6) is -0.853. The van der Waals surface area contributed by atoms with E-state index in [2.05, 4.69) is 17.0 Å². The summed E-state index contributed by atoms with van der Waals surface area (Å²) in [6, 6.07) is 10.0. The molecule has 0 radical (unpaired) electrons. The summed E-state index contributed by atoms with van der Waals surface area (Å²) in [5.41, 5.74) is 3.51. The van der Waals surface area contributed by atoms with Gasteiger partial charge in [-0.2, -0.15) is 0 Å². The van der Waals surface area contributed by atoms with Crippen LogP contribution in [0, 0.1) is 0 Å². The van der Waals surface area contributed by atoms with Gasteiger partial charge in [0.2, 0.25) is 0 Å². The fourth-order valence-corrected chi connectivity index (χ4v) is 2.92. The van der Waals surface area contributed by atoms with Crippen LogP contribution < -0.4 is 4.90 Å². The maximum Gasteiger partial charge on any atom is 0.345 e. The van der Waals surface area contributed by atoms with Crippen LogP contribution in [-0.4, -0.2) is 17.6 Å². The summed E-state index contributed by atoms with van der Waals surface area (Å²) in [4.78, 5) is 13.4. The molecule has 4 heteroatoms. The summed E-state index contributed by atoms with van der Waals surface area (Å²) in [7, 11) is 0. The number of hydrogen-bond donors (Lipinski definition) is 1. The highest BCUT2D eigenvalue weighted by Crippen LogP contribution is 2.36. The molecule has 2 heterocycles. The SMILES string of the molecule is O=C(O)c1cc(N2CCc3ccccc32)cs1. The van der Waals surface area contributed by atoms with Crippen LogP contribution in [0.25, 0.3) is 0 Å². The van der Waals surface area contributed by atoms with Crippen LogP contribution in [0.5, 0.6) is 0 Å². The lowest BCUT2D eigenvalue weighted by molar-refractivity contribution is 0.0702. The first kappa shape index (κ1) is 10.4. The predicted molar refractivity (Wildman–Crippen MR) is 68.4 cm³/mol. The van der Waals surface area contributed by atoms with E-state index in [0.29, 0.717) is 4.88 Å². The Morgan fingerprint density at radius 1 is 1.35 bits per heavy atom. The molecule has 2 aromatic rings. The van der Waals surface area contributed by atoms with E-state index in [-0.39, 0.29) is 0 Å². The highest BCUT2D eigenvalue weighted by molar-refractivity contribution is 7.12. The number of aromatic carboxylic acids is 1. The van der Waals surface area contributed by atoms with Gasteiger partial charge in [0.1, 0.15) is 4.88 Å². The normalized spacial score (nSPS) is 13.8. The van der Waals surface area contributed by atoms with E-state index in [1.165, 1.54) is 22.6 Å². The average molecular weight is 245 g/mol. The molecule has 0 unspecified atom stereocenters. The van der Waals surface area contributed by atoms with E-state index in [9.17, 15) is 4.79 Å². The zero-order valence-electron chi connectivity index (χ0n) is 9.09. The van der Waals surface area contributed by atoms with Crippen LogP contribution >= 0.6 is 11.3 Å². The van der Waals surface area contributed by atoms with Crippen LogP contribution in [0.4, 0.5) is 11.4 Å². The molecule has 0 amide bonds. The summed E-state index contributed by atoms with van der Waals surface area (Å²) >= 11 is 1.28. The number of carboxylic acid groups (broad SMARTS) is 1. The van der Waals surface area contributed by atoms with E-state index < -0.39 is 5.97 Å². The maximum atomic E-state index is 10.9. The van der Waals surface area contributed by atoms with Crippen LogP contribution in [0.2, 0.25) is 0 Å². The van der Waals surface area contributed by atoms with Crippen molar-refractivity contribution in [3.8, 4) is 0 Å². The number of carboxylic acids is 1. The third-order valence-electron chi connectivity index (χ3n) is 3.00. The van der Waals surface area contributed by atoms with E-state index >= 15 is 0 Å². The Morgan fingerprint density at radius 3 is 2.94 bits per heavy atom. The molecule has 0 aliphatic carbocycles. The Balaban J connectivity index is 1.98. The molecule has 1 aliphatic rings. The molecule has 1 N–H and O–H groups in total. The van der Waals surface area contributed by atoms with Gasteiger partial charge >= 0.3 is 5.97 Å². The van der Waals surface area contributed by atoms with Gasteiger partial charge in [-0.1, -0.05) is 18.2 Å². The number of thiophene rings is 1. The second-order valence-electron chi connectivity index (χ2n) is 4.00. The summed E-state index contributed by atoms with van der Waals surface area (Å²) in [6.45, 7) is 0.926. The highest BCUT2D eigenvalue weighted by Gasteiger charge is 2.21. The first-order chi connectivity index (χ1) is 8.25. The first-order valence-electron chi connectivity index (χ1n) is 5.43. The Kier molecular flexibility index (Phi) is 2.37. The lowest BCUT2D eigenvalue weighted by Gasteiger charge is -2.17. The van der Waals surface area contributed by atoms with Gasteiger partial charge in [-0.15, -0.1) is 11.3 Å². The Labute approximate surface area is 103 Å². The first-order valence-corrected chi connectivity index (χ1v) is 6.31. The molecule has 1 aromatic carbocycles. The van der Waals surface area contributed by atoms with Gasteiger partial charge in [-0.25, -0.2) is 4.79 Å². The molecule has 3 rings (SSSR count). The van der Waals surface area contributed by atoms with Crippen molar-refractivity contribution < 1.29 is 9.90 Å². The lowest BCUT2D eigenvalue weighted by Crippen LogP contribution is -2.12. The lowest BCUT2D eigenvalue weighted by atomic mass is 10.2. The number of anilines is 2. The van der Waals surface area contributed by atoms with Crippen LogP contribution in [0.3, 0.4) is 0 Å². The van der Waals surface area contributed by atoms with Crippen molar-refractivity contribution in [1.29, 1.82) is 0 Å². The van der Waals surface area contributed by atoms with Crippen LogP contribution in [0.15, 0.2) is 35.7 Å². The predicted octanol–water partition coefficient (Wildman–Crippen LogP) is 3.14. The summed E-state index contributed by atoms with van der Waals surface area (Å²) in [6.07, 6.45) is 1.02. The molecule has 17 heavy (non-hydrogen) atoms. The minimum atomic E-state index is -0.853. The van der Waals surface area contributed by atoms with Crippen LogP contribution in [-0.2, 0) is 6.42 Å². The number of hydrogen-bond acceptors (Lipinski definition) is 3. The number of rotatable bonds is 2. The Hall–Kier alpha value is -1.81. The molecule has 1 aromatic heterocycles. The molecule has 0 saturated heterocycles. The molecule has 1 aliphatic heterocycles. The van der Waals surface area contributed by atoms with Crippen molar-refractivity contribution in [2.24, 2.45) is 0 Å². The molecule has 0 atom stereocenters. The monoisotopic (exact) mass is 245 g/mol. The van der Waals surface area contributed by atoms with Crippen molar-refractivity contribution in [2.45, 2.75) is 6.42 Å². The second kappa shape index (κ2) is 3.89. The fraction of sp³-hybridized carbons (Fsp3) is 0.154. The number of carbonyl (C=O) groups is 1. The van der Waals surface area contributed by atoms with E-state index in [1.54, 1.807) is 6.07 Å². The van der Waals surface area contributed by atoms with Gasteiger partial charge in [0.15, 0.2) is 0 Å². The third kappa shape index (κ3) is 1.70. The van der Waals surface area contributed by atoms with Crippen molar-refractivity contribution in [2.75, 3.05) is 11.4 Å². The van der Waals surface area contributed by atoms with E-state index in [1.807, 2.05) is 17.5 Å². The number of nitrogens with zero attached hydrogens (tertiary/aromatic N) is 1. The molecular weight excluding hydrogens is 234 g/mol. The Morgan fingerprint density at radius 2 is 2.18 bits per heavy atom. The largest absolute Gasteiger partial charge is 0.477 e. The van der Waals surface area contributed by atoms with E-state index in [0.717, 1.165) is 18.7 Å². The van der Waals surface area contributed by atoms with Gasteiger partial charge in [-0.05, 0) is 24.1 Å². The summed E-state index contributed by atoms with van der Waals surface area (Å²) < 4.78 is 0. The Bertz CT molecular complexity index is 576. The zero-order chi connectivity index (χ0) is 11.8. The fourth-order valence-electron chi connectivity index (χ4n) is 2.19. The second-order valence-corrected chi connectivity index (χ2v) is 4.92. The summed E-state index contributed by atoms with van der Waals surface area (Å²) in [5, 5.41) is 10.8. The number of fused-ring (bicyclic) bond motifs is 1. The van der Waals surface area contributed by atoms with Crippen molar-refractivity contribution in [3.63, 3.8) is 0 Å². The third-order valence-corrected chi connectivity index (χ3v) is 3.90. The van der Waals surface area contributed by atoms with Gasteiger partial charge in [-0.3, -0.25) is 0 Å². The molecule has 0 saturated carbocycles. The smallest absolute Gasteiger partial charge is 0.345 e. The minimum absolute atomic E-state index is 0.393. The molecule has 0 bridgehead atoms. The average Bonchev–Trinajstić information content (AvgIpc) is 2.95. The van der Waals surface area contributed by atoms with Gasteiger partial charge in [0.25, 0.3) is 0 Å².